The van der Waals surface area contributed by atoms with E-state index in [0.717, 1.165) is 16.7 Å². The lowest BCUT2D eigenvalue weighted by molar-refractivity contribution is -0.119. The number of Topliss-reactive ketones (excluding diaryl/α,β-unsaturated/α-hetero) is 1. The quantitative estimate of drug-likeness (QED) is 0.297. The molecule has 1 amide bonds. The van der Waals surface area contributed by atoms with E-state index >= 15 is 0 Å². The number of amides is 1. The molecule has 1 heterocycles. The third-order valence-electron chi connectivity index (χ3n) is 5.13. The number of nitrogens with two attached hydrogens (primary N) is 1. The summed E-state index contributed by atoms with van der Waals surface area (Å²) in [5.74, 6) is -0.464. The molecule has 8 heteroatoms. The first kappa shape index (κ1) is 21.2. The Morgan fingerprint density at radius 2 is 2.00 bits per heavy atom. The highest BCUT2D eigenvalue weighted by atomic mass is 16.4. The summed E-state index contributed by atoms with van der Waals surface area (Å²) >= 11 is 0. The number of hydrogen-bond donors (Lipinski definition) is 3. The lowest BCUT2D eigenvalue weighted by Gasteiger charge is -2.39. The second-order valence-corrected chi connectivity index (χ2v) is 7.83. The minimum atomic E-state index is -1.09. The van der Waals surface area contributed by atoms with E-state index in [1.54, 1.807) is 6.08 Å². The maximum Gasteiger partial charge on any atom is 0.412 e. The van der Waals surface area contributed by atoms with Crippen molar-refractivity contribution in [3.8, 4) is 0 Å². The number of nitrogens with zero attached hydrogens (tertiary/aromatic N) is 3. The minimum absolute atomic E-state index is 0.113. The SMILES string of the molecule is CC(C)CN1C=C2CC(=O)C(C(N)=NO)C=C2C(c2ccccc2)=C1N(C)C(=O)O. The van der Waals surface area contributed by atoms with Gasteiger partial charge in [-0.25, -0.2) is 4.79 Å². The molecule has 30 heavy (non-hydrogen) atoms. The molecule has 8 nitrogen and oxygen atoms in total. The van der Waals surface area contributed by atoms with E-state index in [9.17, 15) is 14.7 Å². The van der Waals surface area contributed by atoms with Crippen molar-refractivity contribution in [1.29, 1.82) is 0 Å². The van der Waals surface area contributed by atoms with Crippen LogP contribution in [0.15, 0.2) is 64.7 Å². The Hall–Kier alpha value is -3.55. The zero-order chi connectivity index (χ0) is 22.0. The summed E-state index contributed by atoms with van der Waals surface area (Å²) in [6.07, 6.45) is 2.52. The first-order chi connectivity index (χ1) is 14.2. The van der Waals surface area contributed by atoms with E-state index in [0.29, 0.717) is 17.9 Å². The van der Waals surface area contributed by atoms with Gasteiger partial charge in [-0.2, -0.15) is 0 Å². The van der Waals surface area contributed by atoms with Gasteiger partial charge in [-0.3, -0.25) is 9.69 Å². The molecule has 0 aromatic heterocycles. The zero-order valence-corrected chi connectivity index (χ0v) is 17.2. The number of hydrogen-bond acceptors (Lipinski definition) is 5. The molecule has 0 spiro atoms. The number of benzene rings is 1. The van der Waals surface area contributed by atoms with Crippen LogP contribution in [0.5, 0.6) is 0 Å². The topological polar surface area (TPSA) is 119 Å². The molecule has 0 saturated carbocycles. The predicted octanol–water partition coefficient (Wildman–Crippen LogP) is 3.08. The Labute approximate surface area is 175 Å². The number of rotatable bonds is 5. The van der Waals surface area contributed by atoms with Gasteiger partial charge in [0.25, 0.3) is 0 Å². The molecule has 1 aromatic carbocycles. The number of allylic oxidation sites excluding steroid dienone is 3. The molecule has 0 radical (unpaired) electrons. The molecule has 158 valence electrons. The number of amidine groups is 1. The van der Waals surface area contributed by atoms with Crippen molar-refractivity contribution in [1.82, 2.24) is 9.80 Å². The molecule has 3 rings (SSSR count). The largest absolute Gasteiger partial charge is 0.465 e. The maximum atomic E-state index is 12.6. The zero-order valence-electron chi connectivity index (χ0n) is 17.2. The predicted molar refractivity (Wildman–Crippen MR) is 113 cm³/mol. The normalized spacial score (nSPS) is 19.5. The second kappa shape index (κ2) is 8.44. The van der Waals surface area contributed by atoms with Crippen LogP contribution in [0, 0.1) is 11.8 Å². The number of carboxylic acid groups (broad SMARTS) is 1. The van der Waals surface area contributed by atoms with E-state index in [1.807, 2.05) is 55.3 Å². The molecule has 1 aliphatic heterocycles. The standard InChI is InChI=1S/C22H26N4O4/c1-13(2)11-26-12-15-9-18(27)17(20(23)24-30)10-16(15)19(14-7-5-4-6-8-14)21(26)25(3)22(28)29/h4-8,10,12-13,17,30H,9,11H2,1-3H3,(H2,23,24)(H,28,29). The van der Waals surface area contributed by atoms with Gasteiger partial charge >= 0.3 is 6.09 Å². The second-order valence-electron chi connectivity index (χ2n) is 7.83. The van der Waals surface area contributed by atoms with Crippen molar-refractivity contribution in [2.45, 2.75) is 20.3 Å². The smallest absolute Gasteiger partial charge is 0.412 e. The average molecular weight is 410 g/mol. The highest BCUT2D eigenvalue weighted by Crippen LogP contribution is 2.43. The van der Waals surface area contributed by atoms with Crippen LogP contribution in [0.2, 0.25) is 0 Å². The Balaban J connectivity index is 2.31. The van der Waals surface area contributed by atoms with Crippen LogP contribution in [-0.4, -0.2) is 51.4 Å². The fourth-order valence-corrected chi connectivity index (χ4v) is 3.82. The Morgan fingerprint density at radius 1 is 1.33 bits per heavy atom. The number of carbonyl (C=O) groups is 2. The van der Waals surface area contributed by atoms with Gasteiger partial charge in [-0.15, -0.1) is 0 Å². The lowest BCUT2D eigenvalue weighted by atomic mass is 9.78. The van der Waals surface area contributed by atoms with Gasteiger partial charge in [-0.05, 0) is 22.6 Å². The van der Waals surface area contributed by atoms with E-state index in [4.69, 9.17) is 10.9 Å². The lowest BCUT2D eigenvalue weighted by Crippen LogP contribution is -2.40. The molecule has 0 bridgehead atoms. The monoisotopic (exact) mass is 410 g/mol. The van der Waals surface area contributed by atoms with Gasteiger partial charge in [0.05, 0.1) is 5.92 Å². The highest BCUT2D eigenvalue weighted by molar-refractivity contribution is 6.09. The van der Waals surface area contributed by atoms with Crippen molar-refractivity contribution in [2.75, 3.05) is 13.6 Å². The molecule has 1 aliphatic carbocycles. The maximum absolute atomic E-state index is 12.6. The van der Waals surface area contributed by atoms with Crippen molar-refractivity contribution >= 4 is 23.3 Å². The van der Waals surface area contributed by atoms with Crippen LogP contribution in [0.4, 0.5) is 4.79 Å². The van der Waals surface area contributed by atoms with Gasteiger partial charge in [0.1, 0.15) is 5.82 Å². The van der Waals surface area contributed by atoms with E-state index in [-0.39, 0.29) is 24.0 Å². The van der Waals surface area contributed by atoms with Crippen LogP contribution in [0.1, 0.15) is 25.8 Å². The van der Waals surface area contributed by atoms with Gasteiger partial charge in [-0.1, -0.05) is 55.4 Å². The van der Waals surface area contributed by atoms with Crippen LogP contribution in [-0.2, 0) is 4.79 Å². The van der Waals surface area contributed by atoms with Crippen molar-refractivity contribution in [2.24, 2.45) is 22.7 Å². The molecule has 4 N–H and O–H groups in total. The first-order valence-electron chi connectivity index (χ1n) is 9.71. The summed E-state index contributed by atoms with van der Waals surface area (Å²) in [4.78, 5) is 27.7. The Bertz CT molecular complexity index is 976. The van der Waals surface area contributed by atoms with Crippen LogP contribution in [0.3, 0.4) is 0 Å². The van der Waals surface area contributed by atoms with Gasteiger partial charge < -0.3 is 20.9 Å². The van der Waals surface area contributed by atoms with Gasteiger partial charge in [0.15, 0.2) is 11.6 Å². The molecule has 2 aliphatic rings. The highest BCUT2D eigenvalue weighted by Gasteiger charge is 2.36. The van der Waals surface area contributed by atoms with Crippen molar-refractivity contribution in [3.63, 3.8) is 0 Å². The fraction of sp³-hybridized carbons (Fsp3) is 0.318. The summed E-state index contributed by atoms with van der Waals surface area (Å²) in [6, 6.07) is 9.44. The van der Waals surface area contributed by atoms with Gasteiger partial charge in [0.2, 0.25) is 0 Å². The summed E-state index contributed by atoms with van der Waals surface area (Å²) in [5, 5.41) is 21.9. The molecule has 1 aromatic rings. The molecule has 0 saturated heterocycles. The number of oxime groups is 1. The van der Waals surface area contributed by atoms with E-state index in [1.165, 1.54) is 11.9 Å². The third kappa shape index (κ3) is 3.94. The average Bonchev–Trinajstić information content (AvgIpc) is 2.71. The molecular weight excluding hydrogens is 384 g/mol. The number of fused-ring (bicyclic) bond motifs is 1. The fourth-order valence-electron chi connectivity index (χ4n) is 3.82. The van der Waals surface area contributed by atoms with Crippen LogP contribution >= 0.6 is 0 Å². The number of ketones is 1. The summed E-state index contributed by atoms with van der Waals surface area (Å²) in [7, 11) is 1.50. The summed E-state index contributed by atoms with van der Waals surface area (Å²) < 4.78 is 0. The number of carbonyl (C=O) groups excluding carboxylic acids is 1. The third-order valence-corrected chi connectivity index (χ3v) is 5.13. The van der Waals surface area contributed by atoms with Gasteiger partial charge in [0, 0.05) is 31.8 Å². The summed E-state index contributed by atoms with van der Waals surface area (Å²) in [5.41, 5.74) is 8.78. The Morgan fingerprint density at radius 3 is 2.57 bits per heavy atom. The van der Waals surface area contributed by atoms with Crippen molar-refractivity contribution < 1.29 is 19.9 Å². The van der Waals surface area contributed by atoms with Crippen LogP contribution in [0.25, 0.3) is 5.57 Å². The molecular formula is C22H26N4O4. The van der Waals surface area contributed by atoms with Crippen LogP contribution < -0.4 is 5.73 Å². The first-order valence-corrected chi connectivity index (χ1v) is 9.71. The summed E-state index contributed by atoms with van der Waals surface area (Å²) in [6.45, 7) is 4.67. The van der Waals surface area contributed by atoms with E-state index < -0.39 is 12.0 Å². The molecule has 0 fully saturated rings. The minimum Gasteiger partial charge on any atom is -0.465 e. The molecule has 1 unspecified atom stereocenters. The van der Waals surface area contributed by atoms with E-state index in [2.05, 4.69) is 5.16 Å². The van der Waals surface area contributed by atoms with Crippen molar-refractivity contribution in [3.05, 3.63) is 65.1 Å². The Kier molecular flexibility index (Phi) is 5.96. The molecule has 1 atom stereocenters.